The molecule has 0 aromatic carbocycles. The van der Waals surface area contributed by atoms with Gasteiger partial charge in [0, 0.05) is 6.04 Å². The molecular formula is C12H21NS. The Bertz CT molecular complexity index is 218. The van der Waals surface area contributed by atoms with Crippen molar-refractivity contribution >= 4 is 11.3 Å². The molecule has 1 unspecified atom stereocenters. The lowest BCUT2D eigenvalue weighted by atomic mass is 10.1. The molecule has 80 valence electrons. The molecule has 0 spiro atoms. The van der Waals surface area contributed by atoms with E-state index in [0.717, 1.165) is 12.6 Å². The molecule has 1 aromatic heterocycles. The second-order valence-electron chi connectivity index (χ2n) is 3.73. The van der Waals surface area contributed by atoms with Crippen LogP contribution in [0.4, 0.5) is 0 Å². The summed E-state index contributed by atoms with van der Waals surface area (Å²) in [4.78, 5) is 0. The smallest absolute Gasteiger partial charge is 0.00644 e. The molecule has 0 fully saturated rings. The molecule has 1 nitrogen and oxygen atoms in total. The molecule has 0 saturated heterocycles. The van der Waals surface area contributed by atoms with Gasteiger partial charge in [-0.3, -0.25) is 0 Å². The van der Waals surface area contributed by atoms with Crippen molar-refractivity contribution < 1.29 is 0 Å². The normalized spacial score (nSPS) is 13.0. The van der Waals surface area contributed by atoms with Gasteiger partial charge in [-0.1, -0.05) is 20.3 Å². The first-order chi connectivity index (χ1) is 6.86. The van der Waals surface area contributed by atoms with Gasteiger partial charge in [0.1, 0.15) is 0 Å². The predicted molar refractivity (Wildman–Crippen MR) is 65.0 cm³/mol. The Hall–Kier alpha value is -0.340. The molecular weight excluding hydrogens is 190 g/mol. The highest BCUT2D eigenvalue weighted by atomic mass is 32.1. The van der Waals surface area contributed by atoms with Crippen LogP contribution in [0.1, 0.15) is 38.7 Å². The molecule has 2 heteroatoms. The lowest BCUT2D eigenvalue weighted by molar-refractivity contribution is 0.466. The topological polar surface area (TPSA) is 12.0 Å². The third kappa shape index (κ3) is 4.25. The summed E-state index contributed by atoms with van der Waals surface area (Å²) in [5, 5.41) is 8.00. The minimum atomic E-state index is 0.721. The van der Waals surface area contributed by atoms with Gasteiger partial charge in [0.05, 0.1) is 0 Å². The monoisotopic (exact) mass is 211 g/mol. The maximum Gasteiger partial charge on any atom is 0.00644 e. The molecule has 1 atom stereocenters. The van der Waals surface area contributed by atoms with Gasteiger partial charge in [-0.2, -0.15) is 11.3 Å². The summed E-state index contributed by atoms with van der Waals surface area (Å²) in [5.41, 5.74) is 1.47. The Kier molecular flexibility index (Phi) is 5.88. The van der Waals surface area contributed by atoms with Crippen molar-refractivity contribution in [2.24, 2.45) is 0 Å². The van der Waals surface area contributed by atoms with Crippen LogP contribution in [0.2, 0.25) is 0 Å². The third-order valence-corrected chi connectivity index (χ3v) is 3.29. The standard InChI is InChI=1S/C12H21NS/c1-3-5-12(4-2)13-8-6-11-7-9-14-10-11/h7,9-10,12-13H,3-6,8H2,1-2H3. The van der Waals surface area contributed by atoms with Gasteiger partial charge in [0.2, 0.25) is 0 Å². The average molecular weight is 211 g/mol. The first-order valence-corrected chi connectivity index (χ1v) is 6.55. The van der Waals surface area contributed by atoms with Gasteiger partial charge in [0.25, 0.3) is 0 Å². The maximum absolute atomic E-state index is 3.61. The fourth-order valence-electron chi connectivity index (χ4n) is 1.65. The number of thiophene rings is 1. The fourth-order valence-corrected chi connectivity index (χ4v) is 2.36. The molecule has 0 bridgehead atoms. The van der Waals surface area contributed by atoms with Gasteiger partial charge in [-0.25, -0.2) is 0 Å². The molecule has 0 radical (unpaired) electrons. The van der Waals surface area contributed by atoms with E-state index >= 15 is 0 Å². The van der Waals surface area contributed by atoms with E-state index in [1.807, 2.05) is 0 Å². The van der Waals surface area contributed by atoms with Crippen LogP contribution in [-0.4, -0.2) is 12.6 Å². The summed E-state index contributed by atoms with van der Waals surface area (Å²) in [7, 11) is 0. The van der Waals surface area contributed by atoms with Crippen LogP contribution in [0.5, 0.6) is 0 Å². The number of hydrogen-bond donors (Lipinski definition) is 1. The minimum Gasteiger partial charge on any atom is -0.314 e. The number of hydrogen-bond acceptors (Lipinski definition) is 2. The van der Waals surface area contributed by atoms with Crippen molar-refractivity contribution in [3.8, 4) is 0 Å². The largest absolute Gasteiger partial charge is 0.314 e. The van der Waals surface area contributed by atoms with E-state index < -0.39 is 0 Å². The van der Waals surface area contributed by atoms with E-state index in [-0.39, 0.29) is 0 Å². The van der Waals surface area contributed by atoms with Crippen LogP contribution in [0.3, 0.4) is 0 Å². The average Bonchev–Trinajstić information content (AvgIpc) is 2.69. The number of rotatable bonds is 7. The molecule has 0 aliphatic rings. The molecule has 0 aliphatic carbocycles. The molecule has 0 aliphatic heterocycles. The first-order valence-electron chi connectivity index (χ1n) is 5.61. The van der Waals surface area contributed by atoms with E-state index in [0.29, 0.717) is 0 Å². The Balaban J connectivity index is 2.13. The van der Waals surface area contributed by atoms with Crippen molar-refractivity contribution in [1.29, 1.82) is 0 Å². The van der Waals surface area contributed by atoms with E-state index in [1.165, 1.54) is 31.2 Å². The van der Waals surface area contributed by atoms with Crippen molar-refractivity contribution in [2.45, 2.75) is 45.6 Å². The Labute approximate surface area is 91.5 Å². The minimum absolute atomic E-state index is 0.721. The first kappa shape index (κ1) is 11.7. The SMILES string of the molecule is CCCC(CC)NCCc1ccsc1. The summed E-state index contributed by atoms with van der Waals surface area (Å²) in [5.74, 6) is 0. The Morgan fingerprint density at radius 1 is 1.43 bits per heavy atom. The molecule has 0 saturated carbocycles. The van der Waals surface area contributed by atoms with E-state index in [9.17, 15) is 0 Å². The zero-order valence-corrected chi connectivity index (χ0v) is 10.1. The van der Waals surface area contributed by atoms with Gasteiger partial charge >= 0.3 is 0 Å². The van der Waals surface area contributed by atoms with Crippen molar-refractivity contribution in [3.63, 3.8) is 0 Å². The zero-order valence-electron chi connectivity index (χ0n) is 9.25. The van der Waals surface area contributed by atoms with Crippen molar-refractivity contribution in [3.05, 3.63) is 22.4 Å². The molecule has 1 heterocycles. The Morgan fingerprint density at radius 2 is 2.29 bits per heavy atom. The van der Waals surface area contributed by atoms with Gasteiger partial charge in [-0.15, -0.1) is 0 Å². The van der Waals surface area contributed by atoms with E-state index in [1.54, 1.807) is 11.3 Å². The maximum atomic E-state index is 3.61. The molecule has 1 aromatic rings. The second-order valence-corrected chi connectivity index (χ2v) is 4.51. The Morgan fingerprint density at radius 3 is 2.86 bits per heavy atom. The van der Waals surface area contributed by atoms with Crippen LogP contribution < -0.4 is 5.32 Å². The lowest BCUT2D eigenvalue weighted by Crippen LogP contribution is -2.29. The number of nitrogens with one attached hydrogen (secondary N) is 1. The van der Waals surface area contributed by atoms with Gasteiger partial charge < -0.3 is 5.32 Å². The quantitative estimate of drug-likeness (QED) is 0.728. The molecule has 1 N–H and O–H groups in total. The van der Waals surface area contributed by atoms with Crippen LogP contribution in [0.15, 0.2) is 16.8 Å². The third-order valence-electron chi connectivity index (χ3n) is 2.56. The predicted octanol–water partition coefficient (Wildman–Crippen LogP) is 3.46. The highest BCUT2D eigenvalue weighted by Crippen LogP contribution is 2.06. The second kappa shape index (κ2) is 7.02. The highest BCUT2D eigenvalue weighted by Gasteiger charge is 2.03. The zero-order chi connectivity index (χ0) is 10.2. The highest BCUT2D eigenvalue weighted by molar-refractivity contribution is 7.07. The van der Waals surface area contributed by atoms with Gasteiger partial charge in [0.15, 0.2) is 0 Å². The molecule has 1 rings (SSSR count). The van der Waals surface area contributed by atoms with Crippen molar-refractivity contribution in [1.82, 2.24) is 5.32 Å². The van der Waals surface area contributed by atoms with Crippen LogP contribution in [0, 0.1) is 0 Å². The summed E-state index contributed by atoms with van der Waals surface area (Å²) in [6.45, 7) is 5.64. The molecule has 14 heavy (non-hydrogen) atoms. The van der Waals surface area contributed by atoms with Crippen LogP contribution in [-0.2, 0) is 6.42 Å². The van der Waals surface area contributed by atoms with E-state index in [2.05, 4.69) is 36.0 Å². The summed E-state index contributed by atoms with van der Waals surface area (Å²) >= 11 is 1.79. The van der Waals surface area contributed by atoms with Gasteiger partial charge in [-0.05, 0) is 48.2 Å². The molecule has 0 amide bonds. The summed E-state index contributed by atoms with van der Waals surface area (Å²) in [6, 6.07) is 2.94. The lowest BCUT2D eigenvalue weighted by Gasteiger charge is -2.15. The summed E-state index contributed by atoms with van der Waals surface area (Å²) in [6.07, 6.45) is 5.01. The fraction of sp³-hybridized carbons (Fsp3) is 0.667. The van der Waals surface area contributed by atoms with Crippen molar-refractivity contribution in [2.75, 3.05) is 6.54 Å². The van der Waals surface area contributed by atoms with E-state index in [4.69, 9.17) is 0 Å². The van der Waals surface area contributed by atoms with Crippen LogP contribution >= 0.6 is 11.3 Å². The summed E-state index contributed by atoms with van der Waals surface area (Å²) < 4.78 is 0. The van der Waals surface area contributed by atoms with Crippen LogP contribution in [0.25, 0.3) is 0 Å².